The first-order valence-corrected chi connectivity index (χ1v) is 5.47. The van der Waals surface area contributed by atoms with E-state index in [9.17, 15) is 14.9 Å². The van der Waals surface area contributed by atoms with Gasteiger partial charge in [0.15, 0.2) is 11.9 Å². The zero-order valence-electron chi connectivity index (χ0n) is 9.47. The number of nitrogens with zero attached hydrogens (tertiary/aromatic N) is 1. The van der Waals surface area contributed by atoms with Gasteiger partial charge in [-0.25, -0.2) is 0 Å². The smallest absolute Gasteiger partial charge is 0.312 e. The Balaban J connectivity index is 3.05. The minimum Gasteiger partial charge on any atom is -0.475 e. The summed E-state index contributed by atoms with van der Waals surface area (Å²) in [4.78, 5) is 21.6. The lowest BCUT2D eigenvalue weighted by atomic mass is 10.2. The molecular weight excluding hydrogens is 246 g/mol. The van der Waals surface area contributed by atoms with Crippen LogP contribution in [0.25, 0.3) is 0 Å². The number of Topliss-reactive ketones (excluding diaryl/α,β-unsaturated/α-hetero) is 1. The van der Waals surface area contributed by atoms with E-state index in [0.717, 1.165) is 0 Å². The van der Waals surface area contributed by atoms with Crippen LogP contribution in [0.4, 0.5) is 5.69 Å². The molecule has 0 saturated carbocycles. The first-order chi connectivity index (χ1) is 7.97. The van der Waals surface area contributed by atoms with Gasteiger partial charge in [-0.1, -0.05) is 24.6 Å². The average molecular weight is 258 g/mol. The van der Waals surface area contributed by atoms with E-state index in [-0.39, 0.29) is 22.2 Å². The minimum absolute atomic E-state index is 0.0616. The number of nitro groups is 1. The fourth-order valence-electron chi connectivity index (χ4n) is 1.29. The van der Waals surface area contributed by atoms with Gasteiger partial charge < -0.3 is 4.74 Å². The zero-order valence-corrected chi connectivity index (χ0v) is 10.2. The average Bonchev–Trinajstić information content (AvgIpc) is 2.30. The molecule has 0 fully saturated rings. The van der Waals surface area contributed by atoms with Crippen LogP contribution in [-0.4, -0.2) is 16.8 Å². The molecule has 0 aliphatic heterocycles. The van der Waals surface area contributed by atoms with E-state index in [2.05, 4.69) is 0 Å². The molecule has 1 unspecified atom stereocenters. The van der Waals surface area contributed by atoms with E-state index in [1.165, 1.54) is 18.2 Å². The Bertz CT molecular complexity index is 447. The number of ketones is 1. The van der Waals surface area contributed by atoms with Crippen LogP contribution in [0.2, 0.25) is 5.02 Å². The third kappa shape index (κ3) is 3.17. The molecule has 17 heavy (non-hydrogen) atoms. The Kier molecular flexibility index (Phi) is 4.45. The van der Waals surface area contributed by atoms with Crippen molar-refractivity contribution in [1.82, 2.24) is 0 Å². The third-order valence-electron chi connectivity index (χ3n) is 2.24. The summed E-state index contributed by atoms with van der Waals surface area (Å²) in [5.74, 6) is -0.201. The molecule has 1 aromatic carbocycles. The van der Waals surface area contributed by atoms with E-state index in [0.29, 0.717) is 6.42 Å². The molecule has 0 amide bonds. The quantitative estimate of drug-likeness (QED) is 0.601. The molecule has 0 saturated heterocycles. The molecule has 1 aromatic rings. The maximum Gasteiger partial charge on any atom is 0.312 e. The minimum atomic E-state index is -0.751. The highest BCUT2D eigenvalue weighted by Gasteiger charge is 2.22. The second kappa shape index (κ2) is 5.63. The molecule has 0 N–H and O–H groups in total. The van der Waals surface area contributed by atoms with Gasteiger partial charge in [0.2, 0.25) is 5.75 Å². The predicted octanol–water partition coefficient (Wildman–Crippen LogP) is 2.99. The topological polar surface area (TPSA) is 69.4 Å². The van der Waals surface area contributed by atoms with Gasteiger partial charge in [0.25, 0.3) is 0 Å². The lowest BCUT2D eigenvalue weighted by Crippen LogP contribution is -2.23. The standard InChI is InChI=1S/C11H12ClNO4/c1-3-10(14)7(2)17-11-8(12)5-4-6-9(11)13(15)16/h4-7H,3H2,1-2H3. The molecule has 0 radical (unpaired) electrons. The fraction of sp³-hybridized carbons (Fsp3) is 0.364. The van der Waals surface area contributed by atoms with Crippen molar-refractivity contribution in [2.24, 2.45) is 0 Å². The number of nitro benzene ring substituents is 1. The second-order valence-corrected chi connectivity index (χ2v) is 3.83. The molecular formula is C11H12ClNO4. The maximum atomic E-state index is 11.4. The van der Waals surface area contributed by atoms with Crippen molar-refractivity contribution in [3.63, 3.8) is 0 Å². The van der Waals surface area contributed by atoms with Gasteiger partial charge in [0.1, 0.15) is 0 Å². The first kappa shape index (κ1) is 13.4. The SMILES string of the molecule is CCC(=O)C(C)Oc1c(Cl)cccc1[N+](=O)[O-]. The summed E-state index contributed by atoms with van der Waals surface area (Å²) in [6, 6.07) is 4.22. The van der Waals surface area contributed by atoms with Crippen LogP contribution in [0.5, 0.6) is 5.75 Å². The second-order valence-electron chi connectivity index (χ2n) is 3.43. The Labute approximate surface area is 103 Å². The fourth-order valence-corrected chi connectivity index (χ4v) is 1.50. The Morgan fingerprint density at radius 3 is 2.76 bits per heavy atom. The van der Waals surface area contributed by atoms with E-state index < -0.39 is 11.0 Å². The Hall–Kier alpha value is -1.62. The Morgan fingerprint density at radius 1 is 1.59 bits per heavy atom. The van der Waals surface area contributed by atoms with Crippen LogP contribution in [0.15, 0.2) is 18.2 Å². The Morgan fingerprint density at radius 2 is 2.24 bits per heavy atom. The molecule has 0 aliphatic carbocycles. The predicted molar refractivity (Wildman–Crippen MR) is 63.5 cm³/mol. The van der Waals surface area contributed by atoms with Gasteiger partial charge in [0.05, 0.1) is 9.95 Å². The van der Waals surface area contributed by atoms with Gasteiger partial charge in [-0.15, -0.1) is 0 Å². The van der Waals surface area contributed by atoms with Crippen molar-refractivity contribution >= 4 is 23.1 Å². The van der Waals surface area contributed by atoms with E-state index in [1.807, 2.05) is 0 Å². The van der Waals surface area contributed by atoms with Crippen LogP contribution >= 0.6 is 11.6 Å². The monoisotopic (exact) mass is 257 g/mol. The van der Waals surface area contributed by atoms with Gasteiger partial charge >= 0.3 is 5.69 Å². The molecule has 5 nitrogen and oxygen atoms in total. The summed E-state index contributed by atoms with van der Waals surface area (Å²) >= 11 is 5.82. The number of ether oxygens (including phenoxy) is 1. The van der Waals surface area contributed by atoms with Crippen molar-refractivity contribution in [3.8, 4) is 5.75 Å². The molecule has 1 atom stereocenters. The molecule has 0 heterocycles. The van der Waals surface area contributed by atoms with Crippen molar-refractivity contribution in [1.29, 1.82) is 0 Å². The van der Waals surface area contributed by atoms with E-state index in [4.69, 9.17) is 16.3 Å². The molecule has 1 rings (SSSR count). The third-order valence-corrected chi connectivity index (χ3v) is 2.54. The van der Waals surface area contributed by atoms with Crippen molar-refractivity contribution < 1.29 is 14.5 Å². The molecule has 0 aliphatic rings. The first-order valence-electron chi connectivity index (χ1n) is 5.09. The molecule has 92 valence electrons. The molecule has 6 heteroatoms. The van der Waals surface area contributed by atoms with Gasteiger partial charge in [-0.05, 0) is 13.0 Å². The number of halogens is 1. The van der Waals surface area contributed by atoms with Crippen molar-refractivity contribution in [3.05, 3.63) is 33.3 Å². The van der Waals surface area contributed by atoms with Crippen LogP contribution < -0.4 is 4.74 Å². The van der Waals surface area contributed by atoms with Crippen molar-refractivity contribution in [2.75, 3.05) is 0 Å². The zero-order chi connectivity index (χ0) is 13.0. The summed E-state index contributed by atoms with van der Waals surface area (Å²) in [5.41, 5.74) is -0.242. The number of carbonyl (C=O) groups is 1. The maximum absolute atomic E-state index is 11.4. The van der Waals surface area contributed by atoms with Gasteiger partial charge in [-0.3, -0.25) is 14.9 Å². The number of carbonyl (C=O) groups excluding carboxylic acids is 1. The number of hydrogen-bond donors (Lipinski definition) is 0. The number of hydrogen-bond acceptors (Lipinski definition) is 4. The summed E-state index contributed by atoms with van der Waals surface area (Å²) in [7, 11) is 0. The van der Waals surface area contributed by atoms with Gasteiger partial charge in [-0.2, -0.15) is 0 Å². The number of benzene rings is 1. The van der Waals surface area contributed by atoms with Crippen LogP contribution in [0.1, 0.15) is 20.3 Å². The highest BCUT2D eigenvalue weighted by molar-refractivity contribution is 6.32. The largest absolute Gasteiger partial charge is 0.475 e. The lowest BCUT2D eigenvalue weighted by molar-refractivity contribution is -0.386. The van der Waals surface area contributed by atoms with Crippen LogP contribution in [-0.2, 0) is 4.79 Å². The summed E-state index contributed by atoms with van der Waals surface area (Å²) in [6.45, 7) is 3.24. The number of para-hydroxylation sites is 1. The normalized spacial score (nSPS) is 11.9. The number of rotatable bonds is 5. The highest BCUT2D eigenvalue weighted by Crippen LogP contribution is 2.35. The van der Waals surface area contributed by atoms with E-state index >= 15 is 0 Å². The highest BCUT2D eigenvalue weighted by atomic mass is 35.5. The van der Waals surface area contributed by atoms with Crippen LogP contribution in [0, 0.1) is 10.1 Å². The van der Waals surface area contributed by atoms with Crippen molar-refractivity contribution in [2.45, 2.75) is 26.4 Å². The lowest BCUT2D eigenvalue weighted by Gasteiger charge is -2.13. The molecule has 0 bridgehead atoms. The molecule has 0 spiro atoms. The van der Waals surface area contributed by atoms with Gasteiger partial charge in [0, 0.05) is 12.5 Å². The summed E-state index contributed by atoms with van der Waals surface area (Å²) < 4.78 is 5.27. The summed E-state index contributed by atoms with van der Waals surface area (Å²) in [5, 5.41) is 10.9. The molecule has 0 aromatic heterocycles. The van der Waals surface area contributed by atoms with E-state index in [1.54, 1.807) is 13.8 Å². The van der Waals surface area contributed by atoms with Crippen LogP contribution in [0.3, 0.4) is 0 Å². The summed E-state index contributed by atoms with van der Waals surface area (Å²) in [6.07, 6.45) is -0.446.